The zero-order valence-electron chi connectivity index (χ0n) is 20.4. The van der Waals surface area contributed by atoms with Gasteiger partial charge >= 0.3 is 0 Å². The molecule has 0 radical (unpaired) electrons. The predicted molar refractivity (Wildman–Crippen MR) is 134 cm³/mol. The molecule has 0 saturated heterocycles. The lowest BCUT2D eigenvalue weighted by Crippen LogP contribution is -2.45. The van der Waals surface area contributed by atoms with Gasteiger partial charge in [-0.1, -0.05) is 44.2 Å². The molecule has 2 amide bonds. The van der Waals surface area contributed by atoms with Crippen molar-refractivity contribution in [1.29, 1.82) is 0 Å². The molecule has 0 aliphatic rings. The number of fused-ring (bicyclic) bond motifs is 1. The number of carbonyl (C=O) groups excluding carboxylic acids is 2. The Kier molecular flexibility index (Phi) is 6.91. The number of nitrogens with zero attached hydrogens (tertiary/aromatic N) is 4. The van der Waals surface area contributed by atoms with Crippen LogP contribution in [0.1, 0.15) is 66.8 Å². The molecule has 3 heterocycles. The first-order valence-corrected chi connectivity index (χ1v) is 11.7. The monoisotopic (exact) mass is 470 g/mol. The summed E-state index contributed by atoms with van der Waals surface area (Å²) in [4.78, 5) is 30.6. The molecule has 0 fully saturated rings. The maximum absolute atomic E-state index is 13.1. The summed E-state index contributed by atoms with van der Waals surface area (Å²) >= 11 is 0. The molecule has 8 nitrogen and oxygen atoms in total. The SMILES string of the molecule is CC(C)c1ccc(C(CNC(=O)C(C)(C)c2ccccn2)NC(=O)c2ccc3nncn3c2)cc1. The molecule has 0 aliphatic carbocycles. The summed E-state index contributed by atoms with van der Waals surface area (Å²) in [6.07, 6.45) is 4.91. The molecule has 8 heteroatoms. The minimum atomic E-state index is -0.823. The van der Waals surface area contributed by atoms with E-state index in [9.17, 15) is 9.59 Å². The van der Waals surface area contributed by atoms with E-state index >= 15 is 0 Å². The molecule has 0 bridgehead atoms. The Morgan fingerprint density at radius 2 is 1.74 bits per heavy atom. The first-order valence-electron chi connectivity index (χ1n) is 11.7. The van der Waals surface area contributed by atoms with Crippen LogP contribution in [0.4, 0.5) is 0 Å². The van der Waals surface area contributed by atoms with Crippen molar-refractivity contribution in [2.24, 2.45) is 0 Å². The number of benzene rings is 1. The lowest BCUT2D eigenvalue weighted by molar-refractivity contribution is -0.125. The fourth-order valence-electron chi connectivity index (χ4n) is 3.83. The van der Waals surface area contributed by atoms with E-state index in [1.54, 1.807) is 35.3 Å². The van der Waals surface area contributed by atoms with Gasteiger partial charge in [0.25, 0.3) is 5.91 Å². The van der Waals surface area contributed by atoms with Crippen LogP contribution in [0.15, 0.2) is 73.3 Å². The van der Waals surface area contributed by atoms with Gasteiger partial charge in [0, 0.05) is 18.9 Å². The van der Waals surface area contributed by atoms with Gasteiger partial charge < -0.3 is 10.6 Å². The second kappa shape index (κ2) is 10.0. The van der Waals surface area contributed by atoms with Crippen LogP contribution in [0.2, 0.25) is 0 Å². The normalized spacial score (nSPS) is 12.5. The highest BCUT2D eigenvalue weighted by Crippen LogP contribution is 2.23. The molecule has 35 heavy (non-hydrogen) atoms. The van der Waals surface area contributed by atoms with Crippen molar-refractivity contribution >= 4 is 17.5 Å². The summed E-state index contributed by atoms with van der Waals surface area (Å²) in [5, 5.41) is 13.9. The minimum absolute atomic E-state index is 0.167. The van der Waals surface area contributed by atoms with Gasteiger partial charge in [-0.05, 0) is 55.2 Å². The number of aromatic nitrogens is 4. The van der Waals surface area contributed by atoms with Gasteiger partial charge in [-0.3, -0.25) is 19.0 Å². The third-order valence-corrected chi connectivity index (χ3v) is 6.20. The van der Waals surface area contributed by atoms with E-state index < -0.39 is 11.5 Å². The van der Waals surface area contributed by atoms with Crippen LogP contribution < -0.4 is 10.6 Å². The third-order valence-electron chi connectivity index (χ3n) is 6.20. The average Bonchev–Trinajstić information content (AvgIpc) is 3.34. The van der Waals surface area contributed by atoms with Crippen molar-refractivity contribution in [2.45, 2.75) is 45.1 Å². The molecule has 1 unspecified atom stereocenters. The molecule has 1 aromatic carbocycles. The Labute approximate surface area is 204 Å². The average molecular weight is 471 g/mol. The van der Waals surface area contributed by atoms with Gasteiger partial charge in [0.05, 0.1) is 22.7 Å². The first-order chi connectivity index (χ1) is 16.8. The summed E-state index contributed by atoms with van der Waals surface area (Å²) in [6, 6.07) is 16.7. The van der Waals surface area contributed by atoms with Crippen LogP contribution in [-0.2, 0) is 10.2 Å². The van der Waals surface area contributed by atoms with E-state index in [1.165, 1.54) is 5.56 Å². The maximum atomic E-state index is 13.1. The number of amides is 2. The summed E-state index contributed by atoms with van der Waals surface area (Å²) < 4.78 is 1.69. The van der Waals surface area contributed by atoms with Crippen molar-refractivity contribution in [1.82, 2.24) is 30.2 Å². The van der Waals surface area contributed by atoms with Crippen molar-refractivity contribution in [2.75, 3.05) is 6.54 Å². The van der Waals surface area contributed by atoms with E-state index in [0.29, 0.717) is 22.8 Å². The van der Waals surface area contributed by atoms with Crippen LogP contribution in [0.25, 0.3) is 5.65 Å². The summed E-state index contributed by atoms with van der Waals surface area (Å²) in [5.41, 5.74) is 3.10. The van der Waals surface area contributed by atoms with Crippen LogP contribution >= 0.6 is 0 Å². The van der Waals surface area contributed by atoms with Crippen LogP contribution in [-0.4, -0.2) is 37.9 Å². The molecular formula is C27H30N6O2. The highest BCUT2D eigenvalue weighted by Gasteiger charge is 2.31. The molecule has 1 atom stereocenters. The molecule has 0 saturated carbocycles. The number of pyridine rings is 2. The Hall–Kier alpha value is -4.07. The van der Waals surface area contributed by atoms with Crippen LogP contribution in [0.5, 0.6) is 0 Å². The molecule has 4 aromatic rings. The van der Waals surface area contributed by atoms with Crippen LogP contribution in [0.3, 0.4) is 0 Å². The topological polar surface area (TPSA) is 101 Å². The Bertz CT molecular complexity index is 1310. The van der Waals surface area contributed by atoms with Crippen molar-refractivity contribution in [3.05, 3.63) is 95.7 Å². The minimum Gasteiger partial charge on any atom is -0.353 e. The van der Waals surface area contributed by atoms with Gasteiger partial charge in [-0.15, -0.1) is 10.2 Å². The molecule has 3 aromatic heterocycles. The molecule has 2 N–H and O–H groups in total. The van der Waals surface area contributed by atoms with Gasteiger partial charge in [0.15, 0.2) is 5.65 Å². The Morgan fingerprint density at radius 1 is 1.00 bits per heavy atom. The summed E-state index contributed by atoms with van der Waals surface area (Å²) in [5.74, 6) is -0.0246. The Balaban J connectivity index is 1.55. The zero-order valence-corrected chi connectivity index (χ0v) is 20.4. The molecule has 0 aliphatic heterocycles. The fourth-order valence-corrected chi connectivity index (χ4v) is 3.83. The summed E-state index contributed by atoms with van der Waals surface area (Å²) in [6.45, 7) is 8.18. The highest BCUT2D eigenvalue weighted by molar-refractivity contribution is 5.94. The largest absolute Gasteiger partial charge is 0.353 e. The number of hydrogen-bond donors (Lipinski definition) is 2. The standard InChI is InChI=1S/C27H30N6O2/c1-18(2)19-8-10-20(11-9-19)22(15-29-26(35)27(3,4)23-7-5-6-14-28-23)31-25(34)21-12-13-24-32-30-17-33(24)16-21/h5-14,16-18,22H,15H2,1-4H3,(H,29,35)(H,31,34). The second-order valence-electron chi connectivity index (χ2n) is 9.41. The van der Waals surface area contributed by atoms with Crippen molar-refractivity contribution in [3.63, 3.8) is 0 Å². The van der Waals surface area contributed by atoms with E-state index in [2.05, 4.69) is 51.8 Å². The van der Waals surface area contributed by atoms with E-state index in [-0.39, 0.29) is 18.4 Å². The summed E-state index contributed by atoms with van der Waals surface area (Å²) in [7, 11) is 0. The lowest BCUT2D eigenvalue weighted by atomic mass is 9.87. The fraction of sp³-hybridized carbons (Fsp3) is 0.296. The van der Waals surface area contributed by atoms with E-state index in [4.69, 9.17) is 0 Å². The predicted octanol–water partition coefficient (Wildman–Crippen LogP) is 3.81. The first kappa shape index (κ1) is 24.1. The Morgan fingerprint density at radius 3 is 2.43 bits per heavy atom. The molecule has 180 valence electrons. The van der Waals surface area contributed by atoms with Gasteiger partial charge in [-0.25, -0.2) is 0 Å². The quantitative estimate of drug-likeness (QED) is 0.408. The van der Waals surface area contributed by atoms with Crippen molar-refractivity contribution in [3.8, 4) is 0 Å². The zero-order chi connectivity index (χ0) is 25.0. The molecule has 0 spiro atoms. The number of rotatable bonds is 8. The maximum Gasteiger partial charge on any atom is 0.253 e. The van der Waals surface area contributed by atoms with Crippen molar-refractivity contribution < 1.29 is 9.59 Å². The molecule has 4 rings (SSSR count). The number of nitrogens with one attached hydrogen (secondary N) is 2. The third kappa shape index (κ3) is 5.37. The highest BCUT2D eigenvalue weighted by atomic mass is 16.2. The van der Waals surface area contributed by atoms with E-state index in [1.807, 2.05) is 44.2 Å². The molecular weight excluding hydrogens is 440 g/mol. The number of carbonyl (C=O) groups is 2. The van der Waals surface area contributed by atoms with E-state index in [0.717, 1.165) is 5.56 Å². The van der Waals surface area contributed by atoms with Gasteiger partial charge in [0.2, 0.25) is 5.91 Å². The second-order valence-corrected chi connectivity index (χ2v) is 9.41. The van der Waals surface area contributed by atoms with Gasteiger partial charge in [-0.2, -0.15) is 0 Å². The smallest absolute Gasteiger partial charge is 0.253 e. The lowest BCUT2D eigenvalue weighted by Gasteiger charge is -2.26. The van der Waals surface area contributed by atoms with Crippen LogP contribution in [0, 0.1) is 0 Å². The van der Waals surface area contributed by atoms with Gasteiger partial charge in [0.1, 0.15) is 6.33 Å². The number of hydrogen-bond acceptors (Lipinski definition) is 5.